The van der Waals surface area contributed by atoms with Crippen LogP contribution in [0.3, 0.4) is 0 Å². The zero-order chi connectivity index (χ0) is 16.3. The fourth-order valence-corrected chi connectivity index (χ4v) is 1.53. The normalized spacial score (nSPS) is 17.9. The molecule has 1 saturated carbocycles. The Balaban J connectivity index is 2.66. The molecule has 0 aromatic rings. The van der Waals surface area contributed by atoms with Gasteiger partial charge in [0, 0.05) is 6.04 Å². The van der Waals surface area contributed by atoms with E-state index in [1.54, 1.807) is 0 Å². The number of halogens is 6. The first-order chi connectivity index (χ1) is 9.55. The Morgan fingerprint density at radius 3 is 2.10 bits per heavy atom. The summed E-state index contributed by atoms with van der Waals surface area (Å²) < 4.78 is 82.4. The van der Waals surface area contributed by atoms with Crippen molar-refractivity contribution >= 4 is 5.97 Å². The molecule has 10 heteroatoms. The monoisotopic (exact) mass is 323 g/mol. The van der Waals surface area contributed by atoms with E-state index in [1.807, 2.05) is 0 Å². The van der Waals surface area contributed by atoms with Gasteiger partial charge in [0.2, 0.25) is 6.10 Å². The Kier molecular flexibility index (Phi) is 5.85. The molecule has 0 spiro atoms. The van der Waals surface area contributed by atoms with Gasteiger partial charge < -0.3 is 9.47 Å². The summed E-state index contributed by atoms with van der Waals surface area (Å²) in [6.45, 7) is 0.365. The van der Waals surface area contributed by atoms with E-state index >= 15 is 0 Å². The van der Waals surface area contributed by atoms with Gasteiger partial charge in [0.15, 0.2) is 0 Å². The van der Waals surface area contributed by atoms with Crippen LogP contribution in [0.1, 0.15) is 19.8 Å². The largest absolute Gasteiger partial charge is 0.465 e. The molecule has 1 aliphatic rings. The molecule has 0 amide bonds. The molecule has 4 nitrogen and oxygen atoms in total. The van der Waals surface area contributed by atoms with E-state index in [1.165, 1.54) is 6.92 Å². The predicted molar refractivity (Wildman–Crippen MR) is 58.4 cm³/mol. The van der Waals surface area contributed by atoms with E-state index in [-0.39, 0.29) is 12.6 Å². The summed E-state index contributed by atoms with van der Waals surface area (Å²) in [7, 11) is 0. The van der Waals surface area contributed by atoms with E-state index in [0.29, 0.717) is 12.8 Å². The summed E-state index contributed by atoms with van der Waals surface area (Å²) in [5.41, 5.74) is 0. The lowest BCUT2D eigenvalue weighted by Gasteiger charge is -2.25. The molecule has 1 atom stereocenters. The number of rotatable bonds is 7. The average Bonchev–Trinajstić information content (AvgIpc) is 3.08. The van der Waals surface area contributed by atoms with Crippen LogP contribution in [0.2, 0.25) is 0 Å². The summed E-state index contributed by atoms with van der Waals surface area (Å²) in [5.74, 6) is -0.938. The second-order valence-corrected chi connectivity index (χ2v) is 4.54. The third-order valence-corrected chi connectivity index (χ3v) is 2.61. The van der Waals surface area contributed by atoms with Crippen LogP contribution in [-0.2, 0) is 14.3 Å². The number of esters is 1. The van der Waals surface area contributed by atoms with Crippen molar-refractivity contribution in [1.82, 2.24) is 5.32 Å². The van der Waals surface area contributed by atoms with Crippen LogP contribution in [0.15, 0.2) is 0 Å². The zero-order valence-electron chi connectivity index (χ0n) is 11.1. The van der Waals surface area contributed by atoms with Crippen molar-refractivity contribution < 1.29 is 40.6 Å². The Bertz CT molecular complexity index is 339. The van der Waals surface area contributed by atoms with Gasteiger partial charge in [0.25, 0.3) is 0 Å². The van der Waals surface area contributed by atoms with E-state index in [9.17, 15) is 31.1 Å². The lowest BCUT2D eigenvalue weighted by molar-refractivity contribution is -0.322. The molecule has 1 fully saturated rings. The van der Waals surface area contributed by atoms with Crippen LogP contribution in [-0.4, -0.2) is 49.7 Å². The summed E-state index contributed by atoms with van der Waals surface area (Å²) in [5, 5.41) is 2.60. The fraction of sp³-hybridized carbons (Fsp3) is 0.909. The molecule has 0 saturated heterocycles. The van der Waals surface area contributed by atoms with E-state index in [0.717, 1.165) is 0 Å². The lowest BCUT2D eigenvalue weighted by atomic mass is 10.3. The van der Waals surface area contributed by atoms with Crippen LogP contribution >= 0.6 is 0 Å². The average molecular weight is 323 g/mol. The molecule has 0 bridgehead atoms. The maximum absolute atomic E-state index is 12.3. The maximum Gasteiger partial charge on any atom is 0.423 e. The Morgan fingerprint density at radius 1 is 1.19 bits per heavy atom. The van der Waals surface area contributed by atoms with Crippen LogP contribution in [0.25, 0.3) is 0 Å². The SMILES string of the molecule is CCOC(=O)C(COC(C(F)(F)F)C(F)(F)F)NC1CC1. The van der Waals surface area contributed by atoms with Gasteiger partial charge in [-0.05, 0) is 19.8 Å². The molecule has 0 aliphatic heterocycles. The quantitative estimate of drug-likeness (QED) is 0.576. The van der Waals surface area contributed by atoms with Crippen molar-refractivity contribution in [3.8, 4) is 0 Å². The van der Waals surface area contributed by atoms with Crippen LogP contribution < -0.4 is 5.32 Å². The van der Waals surface area contributed by atoms with Crippen molar-refractivity contribution in [2.75, 3.05) is 13.2 Å². The van der Waals surface area contributed by atoms with Gasteiger partial charge in [0.05, 0.1) is 13.2 Å². The van der Waals surface area contributed by atoms with Crippen molar-refractivity contribution in [1.29, 1.82) is 0 Å². The number of alkyl halides is 6. The molecule has 1 rings (SSSR count). The van der Waals surface area contributed by atoms with Gasteiger partial charge in [0.1, 0.15) is 6.04 Å². The van der Waals surface area contributed by atoms with Gasteiger partial charge in [-0.25, -0.2) is 0 Å². The van der Waals surface area contributed by atoms with Crippen molar-refractivity contribution in [2.24, 2.45) is 0 Å². The van der Waals surface area contributed by atoms with E-state index < -0.39 is 37.1 Å². The molecule has 21 heavy (non-hydrogen) atoms. The zero-order valence-corrected chi connectivity index (χ0v) is 11.1. The first kappa shape index (κ1) is 18.0. The standard InChI is InChI=1S/C11H15F6NO3/c1-2-20-8(19)7(18-6-3-4-6)5-21-9(10(12,13)14)11(15,16)17/h6-7,9,18H,2-5H2,1H3. The highest BCUT2D eigenvalue weighted by atomic mass is 19.4. The topological polar surface area (TPSA) is 47.6 Å². The molecule has 0 aromatic carbocycles. The van der Waals surface area contributed by atoms with E-state index in [2.05, 4.69) is 14.8 Å². The predicted octanol–water partition coefficient (Wildman–Crippen LogP) is 2.18. The molecular weight excluding hydrogens is 308 g/mol. The second kappa shape index (κ2) is 6.82. The molecule has 0 heterocycles. The summed E-state index contributed by atoms with van der Waals surface area (Å²) in [4.78, 5) is 11.5. The number of ether oxygens (including phenoxy) is 2. The molecule has 0 radical (unpaired) electrons. The first-order valence-corrected chi connectivity index (χ1v) is 6.23. The highest BCUT2D eigenvalue weighted by Gasteiger charge is 2.58. The van der Waals surface area contributed by atoms with Gasteiger partial charge >= 0.3 is 18.3 Å². The van der Waals surface area contributed by atoms with Gasteiger partial charge in [-0.2, -0.15) is 26.3 Å². The number of nitrogens with one attached hydrogen (secondary N) is 1. The third kappa shape index (κ3) is 6.08. The van der Waals surface area contributed by atoms with Crippen molar-refractivity contribution in [3.63, 3.8) is 0 Å². The Hall–Kier alpha value is -1.03. The Morgan fingerprint density at radius 2 is 1.71 bits per heavy atom. The number of carbonyl (C=O) groups excluding carboxylic acids is 1. The van der Waals surface area contributed by atoms with Gasteiger partial charge in [-0.1, -0.05) is 0 Å². The summed E-state index contributed by atoms with van der Waals surface area (Å²) in [6, 6.07) is -1.47. The van der Waals surface area contributed by atoms with Crippen molar-refractivity contribution in [2.45, 2.75) is 50.3 Å². The number of hydrogen-bond donors (Lipinski definition) is 1. The Labute approximate surface area is 116 Å². The van der Waals surface area contributed by atoms with Gasteiger partial charge in [-0.15, -0.1) is 0 Å². The summed E-state index contributed by atoms with van der Waals surface area (Å²) in [6.07, 6.45) is -13.7. The number of carbonyl (C=O) groups is 1. The van der Waals surface area contributed by atoms with Crippen LogP contribution in [0, 0.1) is 0 Å². The highest BCUT2D eigenvalue weighted by molar-refractivity contribution is 5.76. The lowest BCUT2D eigenvalue weighted by Crippen LogP contribution is -2.49. The fourth-order valence-electron chi connectivity index (χ4n) is 1.53. The summed E-state index contributed by atoms with van der Waals surface area (Å²) >= 11 is 0. The van der Waals surface area contributed by atoms with Gasteiger partial charge in [-0.3, -0.25) is 10.1 Å². The smallest absolute Gasteiger partial charge is 0.423 e. The first-order valence-electron chi connectivity index (χ1n) is 6.23. The molecule has 0 aromatic heterocycles. The molecule has 124 valence electrons. The minimum Gasteiger partial charge on any atom is -0.465 e. The van der Waals surface area contributed by atoms with Crippen LogP contribution in [0.5, 0.6) is 0 Å². The van der Waals surface area contributed by atoms with Crippen molar-refractivity contribution in [3.05, 3.63) is 0 Å². The molecule has 1 N–H and O–H groups in total. The maximum atomic E-state index is 12.3. The molecule has 1 aliphatic carbocycles. The second-order valence-electron chi connectivity index (χ2n) is 4.54. The third-order valence-electron chi connectivity index (χ3n) is 2.61. The number of hydrogen-bond acceptors (Lipinski definition) is 4. The molecular formula is C11H15F6NO3. The highest BCUT2D eigenvalue weighted by Crippen LogP contribution is 2.35. The van der Waals surface area contributed by atoms with Crippen LogP contribution in [0.4, 0.5) is 26.3 Å². The molecule has 1 unspecified atom stereocenters. The van der Waals surface area contributed by atoms with E-state index in [4.69, 9.17) is 0 Å². The minimum atomic E-state index is -5.60. The minimum absolute atomic E-state index is 0.0380.